The molecule has 0 spiro atoms. The summed E-state index contributed by atoms with van der Waals surface area (Å²) in [6.07, 6.45) is 28.6. The van der Waals surface area contributed by atoms with Gasteiger partial charge in [-0.2, -0.15) is 13.7 Å². The lowest BCUT2D eigenvalue weighted by Gasteiger charge is -2.54. The Morgan fingerprint density at radius 1 is 0.324 bits per heavy atom. The van der Waals surface area contributed by atoms with Crippen molar-refractivity contribution in [1.29, 1.82) is 0 Å². The molecule has 16 aliphatic heterocycles. The van der Waals surface area contributed by atoms with Gasteiger partial charge in [0.1, 0.15) is 189 Å². The second-order valence-electron chi connectivity index (χ2n) is 57.5. The molecule has 21 heteroatoms. The summed E-state index contributed by atoms with van der Waals surface area (Å²) in [4.78, 5) is 2.61. The first-order chi connectivity index (χ1) is 66.1. The van der Waals surface area contributed by atoms with E-state index in [1.807, 2.05) is 7.05 Å². The van der Waals surface area contributed by atoms with Crippen molar-refractivity contribution in [3.05, 3.63) is 109 Å². The molecule has 142 heavy (non-hydrogen) atoms. The van der Waals surface area contributed by atoms with Gasteiger partial charge in [0, 0.05) is 91.5 Å². The number of aryl methyl sites for hydroxylation is 1. The number of likely N-dealkylation sites (N-methyl/N-ethyl adjacent to an activating group) is 10. The molecular formula is C121H246N20O+18. The minimum atomic E-state index is 0.622. The number of rotatable bonds is 29. The first kappa shape index (κ1) is 125. The normalized spacial score (nSPS) is 27.3. The third kappa shape index (κ3) is 46.1. The zero-order valence-corrected chi connectivity index (χ0v) is 101. The molecule has 0 aliphatic carbocycles. The third-order valence-electron chi connectivity index (χ3n) is 35.7. The van der Waals surface area contributed by atoms with E-state index < -0.39 is 0 Å². The van der Waals surface area contributed by atoms with E-state index in [0.29, 0.717) is 17.8 Å². The first-order valence-corrected chi connectivity index (χ1v) is 59.1. The van der Waals surface area contributed by atoms with Crippen LogP contribution in [0.15, 0.2) is 92.3 Å². The van der Waals surface area contributed by atoms with Crippen LogP contribution >= 0.6 is 0 Å². The van der Waals surface area contributed by atoms with Crippen LogP contribution in [0.2, 0.25) is 0 Å². The molecule has 0 aromatic carbocycles. The van der Waals surface area contributed by atoms with Gasteiger partial charge in [0.05, 0.1) is 224 Å². The van der Waals surface area contributed by atoms with Crippen LogP contribution in [0.3, 0.4) is 0 Å². The van der Waals surface area contributed by atoms with Gasteiger partial charge < -0.3 is 67.5 Å². The molecule has 0 amide bonds. The topological polar surface area (TPSA) is 32.9 Å². The fourth-order valence-electron chi connectivity index (χ4n) is 25.3. The van der Waals surface area contributed by atoms with Crippen LogP contribution in [-0.4, -0.2) is 479 Å². The van der Waals surface area contributed by atoms with Crippen LogP contribution in [0, 0.1) is 47.3 Å². The second-order valence-corrected chi connectivity index (χ2v) is 57.5. The average molecular weight is 2000 g/mol. The number of aromatic nitrogens is 5. The molecule has 21 nitrogen and oxygen atoms in total. The first-order valence-electron chi connectivity index (χ1n) is 59.1. The van der Waals surface area contributed by atoms with Crippen LogP contribution in [0.5, 0.6) is 0 Å². The number of pyridine rings is 3. The van der Waals surface area contributed by atoms with E-state index in [-0.39, 0.29) is 0 Å². The summed E-state index contributed by atoms with van der Waals surface area (Å²) in [6, 6.07) is 13.6. The molecular weight excluding hydrogens is 1750 g/mol. The van der Waals surface area contributed by atoms with Gasteiger partial charge >= 0.3 is 0 Å². The largest absolute Gasteiger partial charge is 0.370 e. The zero-order chi connectivity index (χ0) is 105. The van der Waals surface area contributed by atoms with E-state index in [9.17, 15) is 0 Å². The van der Waals surface area contributed by atoms with Crippen molar-refractivity contribution < 1.29 is 85.8 Å². The van der Waals surface area contributed by atoms with Crippen LogP contribution in [-0.2, 0) is 38.0 Å². The van der Waals surface area contributed by atoms with E-state index in [4.69, 9.17) is 4.74 Å². The van der Waals surface area contributed by atoms with Crippen LogP contribution in [0.25, 0.3) is 0 Å². The van der Waals surface area contributed by atoms with E-state index in [1.54, 1.807) is 0 Å². The summed E-state index contributed by atoms with van der Waals surface area (Å²) in [5, 5.41) is 0. The van der Waals surface area contributed by atoms with Crippen molar-refractivity contribution in [3.8, 4) is 0 Å². The fourth-order valence-corrected chi connectivity index (χ4v) is 25.3. The number of hydrogen-bond acceptors (Lipinski definition) is 2. The maximum atomic E-state index is 5.33. The lowest BCUT2D eigenvalue weighted by molar-refractivity contribution is -1.08. The highest BCUT2D eigenvalue weighted by molar-refractivity contribution is 5.13. The van der Waals surface area contributed by atoms with Gasteiger partial charge in [-0.1, -0.05) is 138 Å². The number of imidazole rings is 1. The maximum absolute atomic E-state index is 5.33. The second kappa shape index (κ2) is 56.4. The highest BCUT2D eigenvalue weighted by Gasteiger charge is 2.49. The Morgan fingerprint density at radius 3 is 0.972 bits per heavy atom. The minimum absolute atomic E-state index is 0.622. The van der Waals surface area contributed by atoms with E-state index in [1.165, 1.54) is 404 Å². The lowest BCUT2D eigenvalue weighted by atomic mass is 9.85. The minimum Gasteiger partial charge on any atom is -0.370 e. The Bertz CT molecular complexity index is 3950. The van der Waals surface area contributed by atoms with E-state index in [0.717, 1.165) is 89.2 Å². The highest BCUT2D eigenvalue weighted by Crippen LogP contribution is 2.35. The average Bonchev–Trinajstić information content (AvgIpc) is 0.775. The van der Waals surface area contributed by atoms with Gasteiger partial charge in [0.15, 0.2) is 56.8 Å². The van der Waals surface area contributed by atoms with E-state index in [2.05, 4.69) is 364 Å². The predicted octanol–water partition coefficient (Wildman–Crippen LogP) is 14.4. The molecule has 8 bridgehead atoms. The molecule has 0 unspecified atom stereocenters. The van der Waals surface area contributed by atoms with Crippen LogP contribution in [0.1, 0.15) is 211 Å². The molecule has 4 aromatic heterocycles. The molecule has 4 aromatic rings. The summed E-state index contributed by atoms with van der Waals surface area (Å²) in [7, 11) is 37.3. The lowest BCUT2D eigenvalue weighted by Crippen LogP contribution is -2.74. The Kier molecular flexibility index (Phi) is 49.6. The van der Waals surface area contributed by atoms with Gasteiger partial charge in [0.25, 0.3) is 0 Å². The number of quaternary nitrogens is 14. The molecule has 16 saturated heterocycles. The number of hydrogen-bond donors (Lipinski definition) is 0. The molecule has 818 valence electrons. The van der Waals surface area contributed by atoms with E-state index >= 15 is 0 Å². The summed E-state index contributed by atoms with van der Waals surface area (Å²) in [5.41, 5.74) is 4.31. The molecule has 0 atom stereocenters. The molecule has 0 N–H and O–H groups in total. The summed E-state index contributed by atoms with van der Waals surface area (Å²) >= 11 is 0. The Labute approximate surface area is 881 Å². The highest BCUT2D eigenvalue weighted by atomic mass is 16.5. The standard InChI is InChI=1S/C17H30N3.C17H32N3.C16H28N2.C11H24N2.C11H26N2.C11H28N2.C11H22N.C10H21N2.C9H20NO.C8H15N2/c1-16(2)17-4-6-18(7-5-17)8-9-20-13-10-19(3,11-14-20)12-15-20;1-16(2)17-6-8-18(9-7-17)10-11-20(5)14-12-19(3,4)13-15-20;1-15(2)16-7-9-17(10-8-16)11-14-18(3)12-5-4-6-13-18;1-11(2)10-13-7-4-12(3,5-8-13)6-9-13;1-11(2)10-13(5)8-6-12(3,4)7-9-13;1-11(2)10-13(6,7)9-8-12(3,4)5;2*1-10(2)9-12-6-3-11(4-7-12)5-8-12;1-9(2)8-10(3)4-6-11-7-5-10;1-8(2)6-10-5-4-9(3)7-10/h4-7,16H,8-15H2,1-3H3;6-9,16H,10-15H2,1-5H3;7-10,15H,4-6,11-14H2,1-3H3;11H,4-10H2,1-3H3;11H,6-10H2,1-5H3;11H,8-10H2,1-7H3;10-11H,3-9H2,1-2H3;10H,3-9H2,1-2H3;9H,4-8H2,1-3H3;4-5,7-8H,6H2,1-3H3/q2*+3;4*+2;4*+1. The smallest absolute Gasteiger partial charge is 0.243 e. The molecule has 20 heterocycles. The summed E-state index contributed by atoms with van der Waals surface area (Å²) in [5.74, 6) is 8.78. The molecule has 0 saturated carbocycles. The number of nitrogens with zero attached hydrogens (tertiary/aromatic N) is 20. The monoisotopic (exact) mass is 2000 g/mol. The number of morpholine rings is 1. The summed E-state index contributed by atoms with van der Waals surface area (Å²) < 4.78 is 34.6. The summed E-state index contributed by atoms with van der Waals surface area (Å²) in [6.45, 7) is 112. The molecule has 0 radical (unpaired) electrons. The number of fused-ring (bicyclic) bond motifs is 12. The molecule has 16 fully saturated rings. The zero-order valence-electron chi connectivity index (χ0n) is 101. The van der Waals surface area contributed by atoms with Crippen molar-refractivity contribution >= 4 is 0 Å². The van der Waals surface area contributed by atoms with Crippen molar-refractivity contribution in [2.24, 2.45) is 54.4 Å². The van der Waals surface area contributed by atoms with Crippen LogP contribution in [0.4, 0.5) is 0 Å². The maximum Gasteiger partial charge on any atom is 0.243 e. The van der Waals surface area contributed by atoms with Gasteiger partial charge in [-0.3, -0.25) is 4.90 Å². The van der Waals surface area contributed by atoms with Crippen molar-refractivity contribution in [2.45, 2.75) is 221 Å². The van der Waals surface area contributed by atoms with Gasteiger partial charge in [-0.15, -0.1) is 0 Å². The molecule has 16 aliphatic rings. The van der Waals surface area contributed by atoms with Crippen LogP contribution < -0.4 is 18.3 Å². The Balaban J connectivity index is 0.000000216. The van der Waals surface area contributed by atoms with Gasteiger partial charge in [0.2, 0.25) is 6.33 Å². The van der Waals surface area contributed by atoms with Crippen molar-refractivity contribution in [1.82, 2.24) is 9.47 Å². The SMILES string of the molecule is CC(C)C[N+](C)(C)CC[N+](C)(C)C.CC(C)C[N+]1(C)CCOCC1.CC(C)C[N+]1(C)CC[N+](C)(C)CC1.CC(C)C[N+]12CCC(CC1)CC2.CC(C)C[N+]12CCN(CC1)CC2.CC(C)C[N+]12CC[N+](C)(CC1)CC2.CC(C)Cn1cc[n+](C)c1.CC(C)c1cc[n+](CC[N+]2(C)CCCCC2)cc1.CC(C)c1cc[n+](CC[N+]2(C)CC[N+](C)(C)CC2)cc1.CC(C)c1cc[n+](CC[N+]23CC[N+](C)(CC2)CC3)cc1. The molecule has 20 rings (SSSR count). The third-order valence-corrected chi connectivity index (χ3v) is 35.7. The van der Waals surface area contributed by atoms with Crippen molar-refractivity contribution in [2.75, 3.05) is 407 Å². The van der Waals surface area contributed by atoms with Gasteiger partial charge in [-0.25, -0.2) is 9.13 Å². The predicted molar refractivity (Wildman–Crippen MR) is 602 cm³/mol. The number of piperidine rings is 4. The quantitative estimate of drug-likeness (QED) is 0.0401. The van der Waals surface area contributed by atoms with Crippen molar-refractivity contribution in [3.63, 3.8) is 0 Å². The van der Waals surface area contributed by atoms with Gasteiger partial charge in [-0.05, 0) is 84.8 Å². The number of ether oxygens (including phenoxy) is 1. The Morgan fingerprint density at radius 2 is 0.648 bits per heavy atom. The fraction of sp³-hybridized carbons (Fsp3) is 0.851. The number of piperazine rings is 11. The number of likely N-dealkylation sites (tertiary alicyclic amines) is 1. The Hall–Kier alpha value is -3.98.